The Balaban J connectivity index is 1.18. The zero-order valence-electron chi connectivity index (χ0n) is 16.5. The number of fused-ring (bicyclic) bond motifs is 2. The van der Waals surface area contributed by atoms with E-state index in [1.54, 1.807) is 0 Å². The molecule has 0 radical (unpaired) electrons. The molecule has 0 aliphatic carbocycles. The number of anilines is 1. The highest BCUT2D eigenvalue weighted by atomic mass is 16.6. The van der Waals surface area contributed by atoms with Gasteiger partial charge in [-0.25, -0.2) is 4.79 Å². The van der Waals surface area contributed by atoms with Crippen molar-refractivity contribution in [3.8, 4) is 0 Å². The van der Waals surface area contributed by atoms with Crippen LogP contribution in [0.1, 0.15) is 5.56 Å². The summed E-state index contributed by atoms with van der Waals surface area (Å²) in [6.07, 6.45) is -1.29. The average Bonchev–Trinajstić information content (AvgIpc) is 3.36. The maximum absolute atomic E-state index is 12.5. The van der Waals surface area contributed by atoms with E-state index in [0.29, 0.717) is 13.2 Å². The Morgan fingerprint density at radius 2 is 1.67 bits per heavy atom. The number of benzene rings is 3. The first kappa shape index (κ1) is 19.1. The summed E-state index contributed by atoms with van der Waals surface area (Å²) >= 11 is 0. The van der Waals surface area contributed by atoms with E-state index in [-0.39, 0.29) is 18.2 Å². The standard InChI is InChI=1S/C24H24N2O4/c27-24(26-19-12-6-10-17-9-4-5-11-18(17)19)30-21-15-29-22-20(14-28-23(21)22)25-13-16-7-2-1-3-8-16/h1-12,20-23,25H,13-15H2,(H,26,27)/t20-,21-,22-,23+/m1/s1. The quantitative estimate of drug-likeness (QED) is 0.679. The largest absolute Gasteiger partial charge is 0.441 e. The molecule has 6 heteroatoms. The molecule has 0 spiro atoms. The van der Waals surface area contributed by atoms with Crippen molar-refractivity contribution in [2.75, 3.05) is 18.5 Å². The molecule has 0 unspecified atom stereocenters. The van der Waals surface area contributed by atoms with Crippen LogP contribution in [0, 0.1) is 0 Å². The van der Waals surface area contributed by atoms with Crippen molar-refractivity contribution in [3.63, 3.8) is 0 Å². The van der Waals surface area contributed by atoms with Gasteiger partial charge in [0.1, 0.15) is 12.2 Å². The normalized spacial score (nSPS) is 25.2. The minimum atomic E-state index is -0.495. The lowest BCUT2D eigenvalue weighted by Gasteiger charge is -2.18. The summed E-state index contributed by atoms with van der Waals surface area (Å²) in [6, 6.07) is 24.0. The van der Waals surface area contributed by atoms with Gasteiger partial charge in [-0.15, -0.1) is 0 Å². The summed E-state index contributed by atoms with van der Waals surface area (Å²) in [4.78, 5) is 12.5. The molecule has 5 rings (SSSR count). The molecule has 154 valence electrons. The molecule has 3 aromatic rings. The third kappa shape index (κ3) is 3.89. The van der Waals surface area contributed by atoms with Gasteiger partial charge in [-0.1, -0.05) is 66.7 Å². The Labute approximate surface area is 175 Å². The highest BCUT2D eigenvalue weighted by Crippen LogP contribution is 2.30. The Morgan fingerprint density at radius 3 is 2.57 bits per heavy atom. The van der Waals surface area contributed by atoms with E-state index < -0.39 is 12.2 Å². The van der Waals surface area contributed by atoms with Gasteiger partial charge in [-0.05, 0) is 17.0 Å². The molecule has 0 aromatic heterocycles. The number of rotatable bonds is 5. The molecular weight excluding hydrogens is 380 g/mol. The second-order valence-corrected chi connectivity index (χ2v) is 7.66. The van der Waals surface area contributed by atoms with Crippen LogP contribution in [-0.4, -0.2) is 43.7 Å². The molecule has 30 heavy (non-hydrogen) atoms. The van der Waals surface area contributed by atoms with Crippen LogP contribution in [-0.2, 0) is 20.8 Å². The van der Waals surface area contributed by atoms with E-state index in [2.05, 4.69) is 22.8 Å². The van der Waals surface area contributed by atoms with Crippen LogP contribution in [0.5, 0.6) is 0 Å². The molecule has 4 atom stereocenters. The molecule has 2 heterocycles. The van der Waals surface area contributed by atoms with Crippen LogP contribution >= 0.6 is 0 Å². The van der Waals surface area contributed by atoms with Crippen molar-refractivity contribution in [3.05, 3.63) is 78.4 Å². The highest BCUT2D eigenvalue weighted by molar-refractivity contribution is 6.00. The van der Waals surface area contributed by atoms with Crippen molar-refractivity contribution in [2.24, 2.45) is 0 Å². The first-order valence-corrected chi connectivity index (χ1v) is 10.2. The van der Waals surface area contributed by atoms with Gasteiger partial charge in [0.25, 0.3) is 0 Å². The lowest BCUT2D eigenvalue weighted by molar-refractivity contribution is 0.00855. The second-order valence-electron chi connectivity index (χ2n) is 7.66. The van der Waals surface area contributed by atoms with E-state index in [4.69, 9.17) is 14.2 Å². The van der Waals surface area contributed by atoms with Crippen molar-refractivity contribution < 1.29 is 19.0 Å². The number of hydrogen-bond donors (Lipinski definition) is 2. The summed E-state index contributed by atoms with van der Waals surface area (Å²) in [5, 5.41) is 8.39. The van der Waals surface area contributed by atoms with E-state index in [1.807, 2.05) is 60.7 Å². The average molecular weight is 404 g/mol. The maximum Gasteiger partial charge on any atom is 0.412 e. The number of hydrogen-bond acceptors (Lipinski definition) is 5. The van der Waals surface area contributed by atoms with Gasteiger partial charge in [-0.3, -0.25) is 5.32 Å². The maximum atomic E-state index is 12.5. The zero-order chi connectivity index (χ0) is 20.3. The van der Waals surface area contributed by atoms with Gasteiger partial charge in [0.2, 0.25) is 0 Å². The Bertz CT molecular complexity index is 1020. The lowest BCUT2D eigenvalue weighted by Crippen LogP contribution is -2.41. The monoisotopic (exact) mass is 404 g/mol. The van der Waals surface area contributed by atoms with Crippen LogP contribution < -0.4 is 10.6 Å². The van der Waals surface area contributed by atoms with Gasteiger partial charge in [0.05, 0.1) is 24.9 Å². The van der Waals surface area contributed by atoms with Gasteiger partial charge >= 0.3 is 6.09 Å². The molecule has 2 aliphatic heterocycles. The first-order valence-electron chi connectivity index (χ1n) is 10.2. The topological polar surface area (TPSA) is 68.8 Å². The van der Waals surface area contributed by atoms with Crippen LogP contribution in [0.15, 0.2) is 72.8 Å². The molecular formula is C24H24N2O4. The molecule has 2 fully saturated rings. The zero-order valence-corrected chi connectivity index (χ0v) is 16.5. The number of nitrogens with one attached hydrogen (secondary N) is 2. The number of carbonyl (C=O) groups is 1. The van der Waals surface area contributed by atoms with Crippen LogP contribution in [0.3, 0.4) is 0 Å². The third-order valence-electron chi connectivity index (χ3n) is 5.70. The number of carbonyl (C=O) groups excluding carboxylic acids is 1. The van der Waals surface area contributed by atoms with Crippen molar-refractivity contribution in [1.29, 1.82) is 0 Å². The van der Waals surface area contributed by atoms with Crippen molar-refractivity contribution >= 4 is 22.6 Å². The summed E-state index contributed by atoms with van der Waals surface area (Å²) in [5.41, 5.74) is 1.93. The van der Waals surface area contributed by atoms with E-state index in [0.717, 1.165) is 23.0 Å². The summed E-state index contributed by atoms with van der Waals surface area (Å²) in [6.45, 7) is 1.61. The Morgan fingerprint density at radius 1 is 0.900 bits per heavy atom. The summed E-state index contributed by atoms with van der Waals surface area (Å²) in [5.74, 6) is 0. The van der Waals surface area contributed by atoms with Gasteiger partial charge in [-0.2, -0.15) is 0 Å². The lowest BCUT2D eigenvalue weighted by atomic mass is 10.1. The fourth-order valence-electron chi connectivity index (χ4n) is 4.20. The second kappa shape index (κ2) is 8.44. The first-order chi connectivity index (χ1) is 14.8. The smallest absolute Gasteiger partial charge is 0.412 e. The molecule has 2 N–H and O–H groups in total. The fourth-order valence-corrected chi connectivity index (χ4v) is 4.20. The van der Waals surface area contributed by atoms with Gasteiger partial charge in [0, 0.05) is 11.9 Å². The van der Waals surface area contributed by atoms with Crippen LogP contribution in [0.2, 0.25) is 0 Å². The fraction of sp³-hybridized carbons (Fsp3) is 0.292. The molecule has 2 aliphatic rings. The van der Waals surface area contributed by atoms with E-state index >= 15 is 0 Å². The molecule has 3 aromatic carbocycles. The molecule has 0 saturated carbocycles. The summed E-state index contributed by atoms with van der Waals surface area (Å²) in [7, 11) is 0. The summed E-state index contributed by atoms with van der Waals surface area (Å²) < 4.78 is 17.5. The SMILES string of the molecule is O=C(Nc1cccc2ccccc12)O[C@@H]1CO[C@H]2[C@H]1OC[C@H]2NCc1ccccc1. The van der Waals surface area contributed by atoms with Crippen LogP contribution in [0.25, 0.3) is 10.8 Å². The minimum absolute atomic E-state index is 0.0740. The Hall–Kier alpha value is -2.93. The minimum Gasteiger partial charge on any atom is -0.441 e. The molecule has 2 saturated heterocycles. The Kier molecular flexibility index (Phi) is 5.36. The van der Waals surface area contributed by atoms with Gasteiger partial charge in [0.15, 0.2) is 6.10 Å². The molecule has 1 amide bonds. The number of amides is 1. The molecule has 0 bridgehead atoms. The molecule has 6 nitrogen and oxygen atoms in total. The number of ether oxygens (including phenoxy) is 3. The highest BCUT2D eigenvalue weighted by Gasteiger charge is 2.49. The van der Waals surface area contributed by atoms with Gasteiger partial charge < -0.3 is 19.5 Å². The predicted octanol–water partition coefficient (Wildman–Crippen LogP) is 3.71. The van der Waals surface area contributed by atoms with Crippen LogP contribution in [0.4, 0.5) is 10.5 Å². The van der Waals surface area contributed by atoms with E-state index in [1.165, 1.54) is 5.56 Å². The van der Waals surface area contributed by atoms with E-state index in [9.17, 15) is 4.79 Å². The van der Waals surface area contributed by atoms with Crippen molar-refractivity contribution in [2.45, 2.75) is 30.9 Å². The van der Waals surface area contributed by atoms with Crippen molar-refractivity contribution in [1.82, 2.24) is 5.32 Å². The predicted molar refractivity (Wildman–Crippen MR) is 114 cm³/mol. The third-order valence-corrected chi connectivity index (χ3v) is 5.70.